The van der Waals surface area contributed by atoms with Gasteiger partial charge in [0, 0.05) is 19.6 Å². The molecule has 5 nitrogen and oxygen atoms in total. The molecule has 6 heteroatoms. The lowest BCUT2D eigenvalue weighted by molar-refractivity contribution is 0.370. The molecule has 19 heavy (non-hydrogen) atoms. The Morgan fingerprint density at radius 1 is 1.32 bits per heavy atom. The van der Waals surface area contributed by atoms with Gasteiger partial charge in [-0.25, -0.2) is 0 Å². The van der Waals surface area contributed by atoms with Crippen molar-refractivity contribution in [3.63, 3.8) is 0 Å². The van der Waals surface area contributed by atoms with Gasteiger partial charge in [-0.2, -0.15) is 17.4 Å². The van der Waals surface area contributed by atoms with E-state index < -0.39 is 15.7 Å². The van der Waals surface area contributed by atoms with E-state index in [2.05, 4.69) is 4.72 Å². The molecule has 3 N–H and O–H groups in total. The van der Waals surface area contributed by atoms with Gasteiger partial charge in [0.2, 0.25) is 0 Å². The average Bonchev–Trinajstić information content (AvgIpc) is 2.38. The normalized spacial score (nSPS) is 15.7. The lowest BCUT2D eigenvalue weighted by atomic mass is 9.94. The summed E-state index contributed by atoms with van der Waals surface area (Å²) >= 11 is 0. The topological polar surface area (TPSA) is 75.4 Å². The molecule has 1 aromatic carbocycles. The number of rotatable bonds is 6. The molecule has 1 atom stereocenters. The maximum atomic E-state index is 12.3. The van der Waals surface area contributed by atoms with Crippen molar-refractivity contribution in [2.75, 3.05) is 13.6 Å². The first kappa shape index (κ1) is 16.1. The van der Waals surface area contributed by atoms with Gasteiger partial charge in [0.05, 0.1) is 5.54 Å². The van der Waals surface area contributed by atoms with Crippen LogP contribution in [0.2, 0.25) is 0 Å². The van der Waals surface area contributed by atoms with E-state index in [1.807, 2.05) is 44.2 Å². The Morgan fingerprint density at radius 2 is 1.84 bits per heavy atom. The first-order chi connectivity index (χ1) is 8.73. The number of benzene rings is 1. The molecule has 0 spiro atoms. The largest absolute Gasteiger partial charge is 0.328 e. The molecule has 0 aliphatic rings. The fourth-order valence-electron chi connectivity index (χ4n) is 1.66. The molecule has 0 saturated carbocycles. The first-order valence-electron chi connectivity index (χ1n) is 6.25. The second kappa shape index (κ2) is 6.00. The second-order valence-corrected chi connectivity index (χ2v) is 6.85. The van der Waals surface area contributed by atoms with Crippen LogP contribution in [0.1, 0.15) is 26.3 Å². The summed E-state index contributed by atoms with van der Waals surface area (Å²) in [5.41, 5.74) is 5.81. The van der Waals surface area contributed by atoms with Gasteiger partial charge in [-0.05, 0) is 26.3 Å². The quantitative estimate of drug-likeness (QED) is 0.820. The van der Waals surface area contributed by atoms with Crippen LogP contribution in [0.4, 0.5) is 0 Å². The molecule has 0 aliphatic heterocycles. The molecule has 0 saturated heterocycles. The standard InChI is InChI=1S/C13H23N3O2S/c1-11(2)16(4)19(17,18)15-13(3,10-14)12-8-6-5-7-9-12/h5-9,11,15H,10,14H2,1-4H3. The number of hydrogen-bond acceptors (Lipinski definition) is 3. The summed E-state index contributed by atoms with van der Waals surface area (Å²) in [6.45, 7) is 5.61. The highest BCUT2D eigenvalue weighted by Crippen LogP contribution is 2.21. The molecular formula is C13H23N3O2S. The third-order valence-electron chi connectivity index (χ3n) is 3.28. The highest BCUT2D eigenvalue weighted by Gasteiger charge is 2.33. The Hall–Kier alpha value is -0.950. The molecular weight excluding hydrogens is 262 g/mol. The van der Waals surface area contributed by atoms with Gasteiger partial charge in [-0.15, -0.1) is 0 Å². The van der Waals surface area contributed by atoms with E-state index in [1.54, 1.807) is 14.0 Å². The molecule has 1 rings (SSSR count). The van der Waals surface area contributed by atoms with Gasteiger partial charge in [0.25, 0.3) is 10.2 Å². The fourth-order valence-corrected chi connectivity index (χ4v) is 3.13. The van der Waals surface area contributed by atoms with E-state index in [0.717, 1.165) is 5.56 Å². The van der Waals surface area contributed by atoms with Crippen LogP contribution in [0, 0.1) is 0 Å². The second-order valence-electron chi connectivity index (χ2n) is 5.12. The van der Waals surface area contributed by atoms with Crippen molar-refractivity contribution in [1.29, 1.82) is 0 Å². The van der Waals surface area contributed by atoms with E-state index >= 15 is 0 Å². The van der Waals surface area contributed by atoms with Crippen LogP contribution in [0.3, 0.4) is 0 Å². The minimum atomic E-state index is -3.57. The van der Waals surface area contributed by atoms with Crippen LogP contribution in [0.5, 0.6) is 0 Å². The zero-order valence-electron chi connectivity index (χ0n) is 11.9. The maximum absolute atomic E-state index is 12.3. The van der Waals surface area contributed by atoms with Crippen LogP contribution in [-0.2, 0) is 15.7 Å². The van der Waals surface area contributed by atoms with E-state index in [0.29, 0.717) is 0 Å². The lowest BCUT2D eigenvalue weighted by Gasteiger charge is -2.32. The van der Waals surface area contributed by atoms with Crippen molar-refractivity contribution in [1.82, 2.24) is 9.03 Å². The van der Waals surface area contributed by atoms with Crippen LogP contribution in [0.25, 0.3) is 0 Å². The van der Waals surface area contributed by atoms with E-state index in [4.69, 9.17) is 5.73 Å². The van der Waals surface area contributed by atoms with Crippen molar-refractivity contribution >= 4 is 10.2 Å². The number of nitrogens with zero attached hydrogens (tertiary/aromatic N) is 1. The molecule has 0 fully saturated rings. The minimum Gasteiger partial charge on any atom is -0.328 e. The smallest absolute Gasteiger partial charge is 0.280 e. The van der Waals surface area contributed by atoms with Crippen molar-refractivity contribution in [2.45, 2.75) is 32.4 Å². The number of hydrogen-bond donors (Lipinski definition) is 2. The summed E-state index contributed by atoms with van der Waals surface area (Å²) in [7, 11) is -2.02. The van der Waals surface area contributed by atoms with Crippen LogP contribution in [0.15, 0.2) is 30.3 Å². The van der Waals surface area contributed by atoms with Crippen LogP contribution < -0.4 is 10.5 Å². The van der Waals surface area contributed by atoms with Gasteiger partial charge in [-0.1, -0.05) is 30.3 Å². The zero-order valence-corrected chi connectivity index (χ0v) is 12.7. The molecule has 0 bridgehead atoms. The molecule has 1 aromatic rings. The zero-order chi connectivity index (χ0) is 14.7. The van der Waals surface area contributed by atoms with Gasteiger partial charge in [-0.3, -0.25) is 0 Å². The highest BCUT2D eigenvalue weighted by atomic mass is 32.2. The number of nitrogens with two attached hydrogens (primary N) is 1. The molecule has 0 aliphatic carbocycles. The summed E-state index contributed by atoms with van der Waals surface area (Å²) in [5, 5.41) is 0. The molecule has 108 valence electrons. The van der Waals surface area contributed by atoms with Crippen molar-refractivity contribution in [3.05, 3.63) is 35.9 Å². The summed E-state index contributed by atoms with van der Waals surface area (Å²) in [6, 6.07) is 9.23. The lowest BCUT2D eigenvalue weighted by Crippen LogP contribution is -2.53. The highest BCUT2D eigenvalue weighted by molar-refractivity contribution is 7.87. The van der Waals surface area contributed by atoms with E-state index in [1.165, 1.54) is 4.31 Å². The third kappa shape index (κ3) is 3.76. The Bertz CT molecular complexity index is 502. The Balaban J connectivity index is 3.07. The van der Waals surface area contributed by atoms with Crippen molar-refractivity contribution in [2.24, 2.45) is 5.73 Å². The SMILES string of the molecule is CC(C)N(C)S(=O)(=O)NC(C)(CN)c1ccccc1. The fraction of sp³-hybridized carbons (Fsp3) is 0.538. The average molecular weight is 285 g/mol. The number of nitrogens with one attached hydrogen (secondary N) is 1. The maximum Gasteiger partial charge on any atom is 0.280 e. The molecule has 0 radical (unpaired) electrons. The third-order valence-corrected chi connectivity index (χ3v) is 5.17. The molecule has 0 heterocycles. The molecule has 0 aromatic heterocycles. The summed E-state index contributed by atoms with van der Waals surface area (Å²) < 4.78 is 28.5. The summed E-state index contributed by atoms with van der Waals surface area (Å²) in [4.78, 5) is 0. The van der Waals surface area contributed by atoms with Gasteiger partial charge >= 0.3 is 0 Å². The predicted octanol–water partition coefficient (Wildman–Crippen LogP) is 1.04. The first-order valence-corrected chi connectivity index (χ1v) is 7.69. The van der Waals surface area contributed by atoms with Gasteiger partial charge in [0.1, 0.15) is 0 Å². The van der Waals surface area contributed by atoms with Gasteiger partial charge < -0.3 is 5.73 Å². The minimum absolute atomic E-state index is 0.115. The Kier molecular flexibility index (Phi) is 5.09. The van der Waals surface area contributed by atoms with Crippen LogP contribution in [-0.4, -0.2) is 32.4 Å². The Morgan fingerprint density at radius 3 is 2.26 bits per heavy atom. The van der Waals surface area contributed by atoms with E-state index in [9.17, 15) is 8.42 Å². The van der Waals surface area contributed by atoms with E-state index in [-0.39, 0.29) is 12.6 Å². The summed E-state index contributed by atoms with van der Waals surface area (Å²) in [6.07, 6.45) is 0. The molecule has 1 unspecified atom stereocenters. The van der Waals surface area contributed by atoms with Crippen molar-refractivity contribution in [3.8, 4) is 0 Å². The summed E-state index contributed by atoms with van der Waals surface area (Å²) in [5.74, 6) is 0. The van der Waals surface area contributed by atoms with Crippen molar-refractivity contribution < 1.29 is 8.42 Å². The predicted molar refractivity (Wildman–Crippen MR) is 77.8 cm³/mol. The Labute approximate surface area is 116 Å². The van der Waals surface area contributed by atoms with Crippen LogP contribution >= 0.6 is 0 Å². The monoisotopic (exact) mass is 285 g/mol. The van der Waals surface area contributed by atoms with Gasteiger partial charge in [0.15, 0.2) is 0 Å². The molecule has 0 amide bonds.